The van der Waals surface area contributed by atoms with E-state index >= 15 is 0 Å². The van der Waals surface area contributed by atoms with Crippen LogP contribution in [0.4, 0.5) is 16.2 Å². The molecule has 2 aliphatic rings. The van der Waals surface area contributed by atoms with E-state index < -0.39 is 11.6 Å². The molecule has 0 atom stereocenters. The molecule has 2 heterocycles. The second kappa shape index (κ2) is 8.86. The Balaban J connectivity index is 1.51. The molecule has 8 nitrogen and oxygen atoms in total. The first-order valence-electron chi connectivity index (χ1n) is 11.2. The zero-order chi connectivity index (χ0) is 22.0. The summed E-state index contributed by atoms with van der Waals surface area (Å²) in [7, 11) is 0. The summed E-state index contributed by atoms with van der Waals surface area (Å²) < 4.78 is 5.50. The van der Waals surface area contributed by atoms with Crippen molar-refractivity contribution in [2.75, 3.05) is 36.5 Å². The average molecular weight is 428 g/mol. The van der Waals surface area contributed by atoms with Gasteiger partial charge in [-0.05, 0) is 58.6 Å². The van der Waals surface area contributed by atoms with Gasteiger partial charge in [-0.1, -0.05) is 0 Å². The summed E-state index contributed by atoms with van der Waals surface area (Å²) in [4.78, 5) is 24.9. The van der Waals surface area contributed by atoms with Gasteiger partial charge in [-0.3, -0.25) is 9.97 Å². The molecule has 4 rings (SSSR count). The van der Waals surface area contributed by atoms with Crippen LogP contribution in [0.2, 0.25) is 0 Å². The number of hydrogen-bond donors (Lipinski definition) is 2. The van der Waals surface area contributed by atoms with Crippen molar-refractivity contribution < 1.29 is 14.6 Å². The Hall–Kier alpha value is -2.61. The molecule has 0 radical (unpaired) electrons. The third-order valence-corrected chi connectivity index (χ3v) is 6.28. The van der Waals surface area contributed by atoms with Gasteiger partial charge in [0.15, 0.2) is 0 Å². The molecule has 168 valence electrons. The summed E-state index contributed by atoms with van der Waals surface area (Å²) in [6, 6.07) is 4.63. The van der Waals surface area contributed by atoms with E-state index in [0.29, 0.717) is 0 Å². The van der Waals surface area contributed by atoms with Crippen LogP contribution in [0, 0.1) is 0 Å². The highest BCUT2D eigenvalue weighted by molar-refractivity contribution is 5.91. The van der Waals surface area contributed by atoms with Gasteiger partial charge < -0.3 is 25.0 Å². The van der Waals surface area contributed by atoms with Gasteiger partial charge in [0.05, 0.1) is 24.4 Å². The molecule has 1 aliphatic carbocycles. The predicted molar refractivity (Wildman–Crippen MR) is 122 cm³/mol. The Morgan fingerprint density at radius 2 is 1.81 bits per heavy atom. The third kappa shape index (κ3) is 4.84. The maximum absolute atomic E-state index is 11.8. The van der Waals surface area contributed by atoms with Gasteiger partial charge in [-0.15, -0.1) is 0 Å². The number of morpholine rings is 1. The largest absolute Gasteiger partial charge is 0.465 e. The van der Waals surface area contributed by atoms with E-state index in [2.05, 4.69) is 32.3 Å². The SMILES string of the molecule is CC(C)(C)N(C(=O)O)C1CCC(Nc2cc(N3CCOCC3)cc3nccnc23)CC1. The van der Waals surface area contributed by atoms with Crippen molar-refractivity contribution in [2.45, 2.75) is 64.1 Å². The number of carbonyl (C=O) groups is 1. The van der Waals surface area contributed by atoms with Crippen LogP contribution in [-0.2, 0) is 4.74 Å². The van der Waals surface area contributed by atoms with E-state index in [1.165, 1.54) is 0 Å². The molecule has 1 saturated heterocycles. The van der Waals surface area contributed by atoms with Crippen LogP contribution in [0.15, 0.2) is 24.5 Å². The van der Waals surface area contributed by atoms with Crippen molar-refractivity contribution in [3.63, 3.8) is 0 Å². The molecule has 1 saturated carbocycles. The third-order valence-electron chi connectivity index (χ3n) is 6.28. The topological polar surface area (TPSA) is 90.8 Å². The molecule has 0 bridgehead atoms. The second-order valence-electron chi connectivity index (χ2n) is 9.49. The molecule has 31 heavy (non-hydrogen) atoms. The number of nitrogens with zero attached hydrogens (tertiary/aromatic N) is 4. The molecule has 8 heteroatoms. The van der Waals surface area contributed by atoms with Crippen LogP contribution in [0.1, 0.15) is 46.5 Å². The van der Waals surface area contributed by atoms with Crippen molar-refractivity contribution in [1.29, 1.82) is 0 Å². The fourth-order valence-electron chi connectivity index (χ4n) is 4.86. The van der Waals surface area contributed by atoms with Crippen molar-refractivity contribution in [2.24, 2.45) is 0 Å². The minimum Gasteiger partial charge on any atom is -0.465 e. The van der Waals surface area contributed by atoms with E-state index in [9.17, 15) is 9.90 Å². The Labute approximate surface area is 183 Å². The van der Waals surface area contributed by atoms with Crippen LogP contribution < -0.4 is 10.2 Å². The molecular weight excluding hydrogens is 394 g/mol. The van der Waals surface area contributed by atoms with Crippen LogP contribution in [-0.4, -0.2) is 70.0 Å². The number of fused-ring (bicyclic) bond motifs is 1. The zero-order valence-corrected chi connectivity index (χ0v) is 18.7. The molecule has 2 aromatic rings. The lowest BCUT2D eigenvalue weighted by Gasteiger charge is -2.43. The minimum atomic E-state index is -0.830. The number of carboxylic acid groups (broad SMARTS) is 1. The van der Waals surface area contributed by atoms with E-state index in [0.717, 1.165) is 74.4 Å². The van der Waals surface area contributed by atoms with Crippen LogP contribution in [0.5, 0.6) is 0 Å². The normalized spacial score (nSPS) is 22.4. The summed E-state index contributed by atoms with van der Waals surface area (Å²) in [5.41, 5.74) is 3.50. The van der Waals surface area contributed by atoms with E-state index in [-0.39, 0.29) is 12.1 Å². The van der Waals surface area contributed by atoms with Crippen LogP contribution >= 0.6 is 0 Å². The summed E-state index contributed by atoms with van der Waals surface area (Å²) in [6.07, 6.45) is 6.19. The van der Waals surface area contributed by atoms with Gasteiger partial charge in [-0.25, -0.2) is 4.79 Å². The average Bonchev–Trinajstić information content (AvgIpc) is 2.74. The fourth-order valence-corrected chi connectivity index (χ4v) is 4.86. The van der Waals surface area contributed by atoms with Gasteiger partial charge in [0.1, 0.15) is 5.52 Å². The van der Waals surface area contributed by atoms with Crippen molar-refractivity contribution in [3.8, 4) is 0 Å². The number of hydrogen-bond acceptors (Lipinski definition) is 6. The fraction of sp³-hybridized carbons (Fsp3) is 0.609. The summed E-state index contributed by atoms with van der Waals surface area (Å²) in [5.74, 6) is 0. The highest BCUT2D eigenvalue weighted by Gasteiger charge is 2.35. The number of aromatic nitrogens is 2. The standard InChI is InChI=1S/C23H33N5O3/c1-23(2,3)28(22(29)30)17-6-4-16(5-7-17)26-20-15-18(27-10-12-31-13-11-27)14-19-21(20)25-9-8-24-19/h8-9,14-17,26H,4-7,10-13H2,1-3H3,(H,29,30). The summed E-state index contributed by atoms with van der Waals surface area (Å²) in [5, 5.41) is 13.4. The lowest BCUT2D eigenvalue weighted by molar-refractivity contribution is 0.0557. The number of ether oxygens (including phenoxy) is 1. The van der Waals surface area contributed by atoms with Gasteiger partial charge in [-0.2, -0.15) is 0 Å². The smallest absolute Gasteiger partial charge is 0.407 e. The Morgan fingerprint density at radius 1 is 1.13 bits per heavy atom. The number of amides is 1. The molecule has 0 spiro atoms. The minimum absolute atomic E-state index is 0.0618. The Kier molecular flexibility index (Phi) is 6.18. The molecule has 0 unspecified atom stereocenters. The number of rotatable bonds is 4. The summed E-state index contributed by atoms with van der Waals surface area (Å²) in [6.45, 7) is 9.11. The first-order valence-corrected chi connectivity index (χ1v) is 11.2. The van der Waals surface area contributed by atoms with Crippen molar-refractivity contribution >= 4 is 28.5 Å². The number of anilines is 2. The molecule has 1 aromatic carbocycles. The Bertz CT molecular complexity index is 915. The van der Waals surface area contributed by atoms with Gasteiger partial charge in [0.25, 0.3) is 0 Å². The van der Waals surface area contributed by atoms with E-state index in [4.69, 9.17) is 4.74 Å². The highest BCUT2D eigenvalue weighted by atomic mass is 16.5. The van der Waals surface area contributed by atoms with Crippen molar-refractivity contribution in [1.82, 2.24) is 14.9 Å². The second-order valence-corrected chi connectivity index (χ2v) is 9.49. The highest BCUT2D eigenvalue weighted by Crippen LogP contribution is 2.33. The van der Waals surface area contributed by atoms with E-state index in [1.807, 2.05) is 20.8 Å². The number of nitrogens with one attached hydrogen (secondary N) is 1. The number of benzene rings is 1. The van der Waals surface area contributed by atoms with Gasteiger partial charge >= 0.3 is 6.09 Å². The van der Waals surface area contributed by atoms with Gasteiger partial charge in [0, 0.05) is 48.8 Å². The molecule has 1 aliphatic heterocycles. The lowest BCUT2D eigenvalue weighted by atomic mass is 9.88. The Morgan fingerprint density at radius 3 is 2.45 bits per heavy atom. The van der Waals surface area contributed by atoms with E-state index in [1.54, 1.807) is 17.3 Å². The van der Waals surface area contributed by atoms with Crippen LogP contribution in [0.3, 0.4) is 0 Å². The molecular formula is C23H33N5O3. The zero-order valence-electron chi connectivity index (χ0n) is 18.7. The van der Waals surface area contributed by atoms with Crippen molar-refractivity contribution in [3.05, 3.63) is 24.5 Å². The maximum Gasteiger partial charge on any atom is 0.407 e. The van der Waals surface area contributed by atoms with Crippen LogP contribution in [0.25, 0.3) is 11.0 Å². The van der Waals surface area contributed by atoms with Gasteiger partial charge in [0.2, 0.25) is 0 Å². The molecule has 1 aromatic heterocycles. The first kappa shape index (κ1) is 21.6. The quantitative estimate of drug-likeness (QED) is 0.763. The lowest BCUT2D eigenvalue weighted by Crippen LogP contribution is -2.52. The monoisotopic (exact) mass is 427 g/mol. The predicted octanol–water partition coefficient (Wildman–Crippen LogP) is 3.97. The maximum atomic E-state index is 11.8. The molecule has 2 fully saturated rings. The molecule has 2 N–H and O–H groups in total. The first-order chi connectivity index (χ1) is 14.8. The molecule has 1 amide bonds. The summed E-state index contributed by atoms with van der Waals surface area (Å²) >= 11 is 0.